The maximum absolute atomic E-state index is 12.1. The van der Waals surface area contributed by atoms with Crippen LogP contribution in [0.5, 0.6) is 11.5 Å². The van der Waals surface area contributed by atoms with Crippen molar-refractivity contribution in [1.29, 1.82) is 0 Å². The molecule has 6 heteroatoms. The third-order valence-corrected chi connectivity index (χ3v) is 4.45. The number of amides is 2. The molecule has 0 aliphatic rings. The van der Waals surface area contributed by atoms with Gasteiger partial charge in [-0.25, -0.2) is 0 Å². The number of hydrogen-bond donors (Lipinski definition) is 1. The van der Waals surface area contributed by atoms with Crippen molar-refractivity contribution in [2.24, 2.45) is 0 Å². The molecule has 1 N–H and O–H groups in total. The second-order valence-electron chi connectivity index (χ2n) is 6.47. The highest BCUT2D eigenvalue weighted by atomic mass is 16.5. The SMILES string of the molecule is COc1ccc(CN(CCC(=O)NCCc2ccccc2)C(C)=O)cc1OC. The molecule has 0 aromatic heterocycles. The lowest BCUT2D eigenvalue weighted by Gasteiger charge is -2.21. The molecule has 0 unspecified atom stereocenters. The average Bonchev–Trinajstić information content (AvgIpc) is 2.71. The fourth-order valence-corrected chi connectivity index (χ4v) is 2.86. The van der Waals surface area contributed by atoms with E-state index >= 15 is 0 Å². The Labute approximate surface area is 166 Å². The summed E-state index contributed by atoms with van der Waals surface area (Å²) in [6, 6.07) is 15.5. The largest absolute Gasteiger partial charge is 0.493 e. The van der Waals surface area contributed by atoms with Gasteiger partial charge in [0.1, 0.15) is 0 Å². The van der Waals surface area contributed by atoms with Crippen LogP contribution in [0.2, 0.25) is 0 Å². The second kappa shape index (κ2) is 11.0. The zero-order valence-electron chi connectivity index (χ0n) is 16.7. The summed E-state index contributed by atoms with van der Waals surface area (Å²) in [5.41, 5.74) is 2.10. The molecule has 0 saturated carbocycles. The summed E-state index contributed by atoms with van der Waals surface area (Å²) in [5.74, 6) is 1.11. The van der Waals surface area contributed by atoms with Gasteiger partial charge in [0, 0.05) is 33.0 Å². The van der Waals surface area contributed by atoms with Gasteiger partial charge in [0.2, 0.25) is 11.8 Å². The van der Waals surface area contributed by atoms with Gasteiger partial charge in [-0.05, 0) is 29.7 Å². The molecule has 0 fully saturated rings. The predicted octanol–water partition coefficient (Wildman–Crippen LogP) is 2.80. The molecule has 2 rings (SSSR count). The third-order valence-electron chi connectivity index (χ3n) is 4.45. The molecule has 0 radical (unpaired) electrons. The molecule has 0 aliphatic carbocycles. The summed E-state index contributed by atoms with van der Waals surface area (Å²) < 4.78 is 10.5. The topological polar surface area (TPSA) is 67.9 Å². The minimum Gasteiger partial charge on any atom is -0.493 e. The molecule has 0 aliphatic heterocycles. The van der Waals surface area contributed by atoms with Gasteiger partial charge in [0.15, 0.2) is 11.5 Å². The van der Waals surface area contributed by atoms with Crippen LogP contribution in [0.25, 0.3) is 0 Å². The van der Waals surface area contributed by atoms with E-state index in [-0.39, 0.29) is 18.2 Å². The summed E-state index contributed by atoms with van der Waals surface area (Å²) in [6.07, 6.45) is 1.05. The molecule has 150 valence electrons. The first-order valence-corrected chi connectivity index (χ1v) is 9.30. The highest BCUT2D eigenvalue weighted by Gasteiger charge is 2.13. The molecular weight excluding hydrogens is 356 g/mol. The second-order valence-corrected chi connectivity index (χ2v) is 6.47. The standard InChI is InChI=1S/C22H28N2O4/c1-17(25)24(16-19-9-10-20(27-2)21(15-19)28-3)14-12-22(26)23-13-11-18-7-5-4-6-8-18/h4-10,15H,11-14,16H2,1-3H3,(H,23,26). The number of carbonyl (C=O) groups excluding carboxylic acids is 2. The van der Waals surface area contributed by atoms with Crippen LogP contribution in [-0.4, -0.2) is 44.0 Å². The van der Waals surface area contributed by atoms with Crippen LogP contribution in [-0.2, 0) is 22.6 Å². The molecule has 0 saturated heterocycles. The average molecular weight is 384 g/mol. The molecule has 0 atom stereocenters. The smallest absolute Gasteiger partial charge is 0.221 e. The summed E-state index contributed by atoms with van der Waals surface area (Å²) in [7, 11) is 3.15. The Morgan fingerprint density at radius 3 is 2.32 bits per heavy atom. The van der Waals surface area contributed by atoms with Gasteiger partial charge in [0.25, 0.3) is 0 Å². The van der Waals surface area contributed by atoms with Crippen LogP contribution in [0.3, 0.4) is 0 Å². The van der Waals surface area contributed by atoms with Gasteiger partial charge in [-0.1, -0.05) is 36.4 Å². The van der Waals surface area contributed by atoms with E-state index < -0.39 is 0 Å². The van der Waals surface area contributed by atoms with Gasteiger partial charge in [0.05, 0.1) is 14.2 Å². The van der Waals surface area contributed by atoms with Crippen LogP contribution >= 0.6 is 0 Å². The molecule has 0 bridgehead atoms. The Morgan fingerprint density at radius 1 is 0.964 bits per heavy atom. The van der Waals surface area contributed by atoms with Gasteiger partial charge in [-0.2, -0.15) is 0 Å². The lowest BCUT2D eigenvalue weighted by molar-refractivity contribution is -0.130. The molecule has 2 aromatic rings. The number of methoxy groups -OCH3 is 2. The van der Waals surface area contributed by atoms with Gasteiger partial charge in [-0.15, -0.1) is 0 Å². The fourth-order valence-electron chi connectivity index (χ4n) is 2.86. The molecule has 2 aromatic carbocycles. The third kappa shape index (κ3) is 6.61. The highest BCUT2D eigenvalue weighted by molar-refractivity contribution is 5.78. The van der Waals surface area contributed by atoms with Crippen LogP contribution in [0.1, 0.15) is 24.5 Å². The lowest BCUT2D eigenvalue weighted by atomic mass is 10.1. The van der Waals surface area contributed by atoms with Crippen molar-refractivity contribution in [3.8, 4) is 11.5 Å². The number of rotatable bonds is 10. The normalized spacial score (nSPS) is 10.2. The van der Waals surface area contributed by atoms with E-state index in [1.807, 2.05) is 48.5 Å². The van der Waals surface area contributed by atoms with E-state index in [4.69, 9.17) is 9.47 Å². The first-order chi connectivity index (χ1) is 13.5. The van der Waals surface area contributed by atoms with E-state index in [2.05, 4.69) is 5.32 Å². The first-order valence-electron chi connectivity index (χ1n) is 9.30. The molecule has 2 amide bonds. The van der Waals surface area contributed by atoms with Crippen molar-refractivity contribution in [2.45, 2.75) is 26.3 Å². The highest BCUT2D eigenvalue weighted by Crippen LogP contribution is 2.28. The maximum atomic E-state index is 12.1. The quantitative estimate of drug-likeness (QED) is 0.684. The van der Waals surface area contributed by atoms with Crippen LogP contribution in [0.4, 0.5) is 0 Å². The predicted molar refractivity (Wildman–Crippen MR) is 108 cm³/mol. The zero-order chi connectivity index (χ0) is 20.4. The number of hydrogen-bond acceptors (Lipinski definition) is 4. The maximum Gasteiger partial charge on any atom is 0.221 e. The Hall–Kier alpha value is -3.02. The summed E-state index contributed by atoms with van der Waals surface area (Å²) in [4.78, 5) is 25.7. The van der Waals surface area contributed by atoms with Crippen molar-refractivity contribution in [3.05, 3.63) is 59.7 Å². The molecule has 6 nitrogen and oxygen atoms in total. The number of nitrogens with zero attached hydrogens (tertiary/aromatic N) is 1. The minimum atomic E-state index is -0.0770. The van der Waals surface area contributed by atoms with Crippen molar-refractivity contribution in [3.63, 3.8) is 0 Å². The molecular formula is C22H28N2O4. The van der Waals surface area contributed by atoms with Gasteiger partial charge in [-0.3, -0.25) is 9.59 Å². The van der Waals surface area contributed by atoms with Crippen LogP contribution in [0.15, 0.2) is 48.5 Å². The van der Waals surface area contributed by atoms with E-state index in [0.717, 1.165) is 12.0 Å². The summed E-state index contributed by atoms with van der Waals surface area (Å²) in [5, 5.41) is 2.91. The molecule has 0 heterocycles. The number of nitrogens with one attached hydrogen (secondary N) is 1. The minimum absolute atomic E-state index is 0.0607. The number of benzene rings is 2. The van der Waals surface area contributed by atoms with Crippen LogP contribution < -0.4 is 14.8 Å². The lowest BCUT2D eigenvalue weighted by Crippen LogP contribution is -2.34. The molecule has 0 spiro atoms. The fraction of sp³-hybridized carbons (Fsp3) is 0.364. The Morgan fingerprint density at radius 2 is 1.68 bits per heavy atom. The van der Waals surface area contributed by atoms with Gasteiger partial charge < -0.3 is 19.7 Å². The Bertz CT molecular complexity index is 777. The zero-order valence-corrected chi connectivity index (χ0v) is 16.7. The first kappa shape index (κ1) is 21.3. The number of ether oxygens (including phenoxy) is 2. The van der Waals surface area contributed by atoms with E-state index in [1.54, 1.807) is 19.1 Å². The summed E-state index contributed by atoms with van der Waals surface area (Å²) in [6.45, 7) is 2.86. The Balaban J connectivity index is 1.83. The van der Waals surface area contributed by atoms with Crippen molar-refractivity contribution in [2.75, 3.05) is 27.3 Å². The van der Waals surface area contributed by atoms with Crippen molar-refractivity contribution in [1.82, 2.24) is 10.2 Å². The van der Waals surface area contributed by atoms with E-state index in [9.17, 15) is 9.59 Å². The summed E-state index contributed by atoms with van der Waals surface area (Å²) >= 11 is 0. The van der Waals surface area contributed by atoms with Crippen molar-refractivity contribution < 1.29 is 19.1 Å². The molecule has 28 heavy (non-hydrogen) atoms. The van der Waals surface area contributed by atoms with E-state index in [0.29, 0.717) is 31.1 Å². The van der Waals surface area contributed by atoms with E-state index in [1.165, 1.54) is 12.5 Å². The Kier molecular flexibility index (Phi) is 8.34. The monoisotopic (exact) mass is 384 g/mol. The van der Waals surface area contributed by atoms with Gasteiger partial charge >= 0.3 is 0 Å². The van der Waals surface area contributed by atoms with Crippen LogP contribution in [0, 0.1) is 0 Å². The number of carbonyl (C=O) groups is 2. The van der Waals surface area contributed by atoms with Crippen molar-refractivity contribution >= 4 is 11.8 Å².